The fraction of sp³-hybridized carbons (Fsp3) is 0.467. The number of anilines is 1. The van der Waals surface area contributed by atoms with Crippen LogP contribution in [0, 0.1) is 5.92 Å². The van der Waals surface area contributed by atoms with Crippen molar-refractivity contribution in [2.45, 2.75) is 76.8 Å². The number of ether oxygens (including phenoxy) is 1. The molecular formula is C45H54N8O7. The van der Waals surface area contributed by atoms with Crippen molar-refractivity contribution in [3.63, 3.8) is 0 Å². The van der Waals surface area contributed by atoms with Gasteiger partial charge in [-0.15, -0.1) is 0 Å². The molecule has 60 heavy (non-hydrogen) atoms. The van der Waals surface area contributed by atoms with Crippen molar-refractivity contribution in [3.8, 4) is 5.75 Å². The normalized spacial score (nSPS) is 18.5. The van der Waals surface area contributed by atoms with Gasteiger partial charge >= 0.3 is 0 Å². The van der Waals surface area contributed by atoms with Crippen molar-refractivity contribution >= 4 is 47.3 Å². The minimum absolute atomic E-state index is 0.00886. The zero-order valence-electron chi connectivity index (χ0n) is 34.1. The first kappa shape index (κ1) is 42.0. The van der Waals surface area contributed by atoms with Crippen LogP contribution in [-0.4, -0.2) is 119 Å². The molecular weight excluding hydrogens is 765 g/mol. The number of hydrogen-bond donors (Lipinski definition) is 2. The van der Waals surface area contributed by atoms with Crippen molar-refractivity contribution in [2.24, 2.45) is 5.92 Å². The van der Waals surface area contributed by atoms with E-state index in [1.54, 1.807) is 36.8 Å². The van der Waals surface area contributed by atoms with Gasteiger partial charge in [0, 0.05) is 94.4 Å². The van der Waals surface area contributed by atoms with Gasteiger partial charge in [0.1, 0.15) is 17.6 Å². The Morgan fingerprint density at radius 3 is 2.45 bits per heavy atom. The maximum Gasteiger partial charge on any atom is 0.255 e. The number of benzene rings is 1. The third kappa shape index (κ3) is 10.7. The molecule has 0 bridgehead atoms. The van der Waals surface area contributed by atoms with Crippen molar-refractivity contribution < 1.29 is 33.5 Å². The molecule has 0 radical (unpaired) electrons. The van der Waals surface area contributed by atoms with Crippen molar-refractivity contribution in [3.05, 3.63) is 89.4 Å². The largest absolute Gasteiger partial charge is 0.493 e. The molecule has 0 spiro atoms. The van der Waals surface area contributed by atoms with Crippen LogP contribution in [0.2, 0.25) is 0 Å². The lowest BCUT2D eigenvalue weighted by Gasteiger charge is -2.35. The third-order valence-electron chi connectivity index (χ3n) is 11.9. The Kier molecular flexibility index (Phi) is 14.2. The van der Waals surface area contributed by atoms with Crippen LogP contribution in [0.3, 0.4) is 0 Å². The van der Waals surface area contributed by atoms with E-state index in [-0.39, 0.29) is 42.5 Å². The number of aromatic nitrogens is 2. The second-order valence-corrected chi connectivity index (χ2v) is 15.9. The maximum atomic E-state index is 13.3. The van der Waals surface area contributed by atoms with Gasteiger partial charge in [-0.2, -0.15) is 0 Å². The first-order valence-electron chi connectivity index (χ1n) is 21.3. The quantitative estimate of drug-likeness (QED) is 0.122. The second-order valence-electron chi connectivity index (χ2n) is 15.9. The molecule has 3 aromatic rings. The molecule has 3 saturated heterocycles. The predicted molar refractivity (Wildman–Crippen MR) is 224 cm³/mol. The van der Waals surface area contributed by atoms with Crippen LogP contribution >= 0.6 is 0 Å². The number of nitrogens with zero attached hydrogens (tertiary/aromatic N) is 6. The number of pyridine rings is 2. The van der Waals surface area contributed by atoms with Gasteiger partial charge in [-0.3, -0.25) is 39.1 Å². The number of likely N-dealkylation sites (tertiary alicyclic amines) is 1. The summed E-state index contributed by atoms with van der Waals surface area (Å²) in [4.78, 5) is 91.6. The SMILES string of the molecule is O=C(/C=C/c1cccnc1)NCCCCC1CCN(C(=O)c2ccc(N3CCN(C(=O)CCCCOc4cccc5c4CN(C4CCC(=O)NC4=O)C5=O)CC3)nc2)CC1. The average molecular weight is 819 g/mol. The molecule has 7 rings (SSSR count). The average Bonchev–Trinajstić information content (AvgIpc) is 3.61. The Hall–Kier alpha value is -6.12. The Morgan fingerprint density at radius 2 is 1.70 bits per heavy atom. The summed E-state index contributed by atoms with van der Waals surface area (Å²) >= 11 is 0. The molecule has 15 nitrogen and oxygen atoms in total. The van der Waals surface area contributed by atoms with Gasteiger partial charge in [0.05, 0.1) is 18.7 Å². The molecule has 0 aliphatic carbocycles. The molecule has 2 aromatic heterocycles. The van der Waals surface area contributed by atoms with Gasteiger partial charge in [-0.1, -0.05) is 25.0 Å². The molecule has 1 unspecified atom stereocenters. The molecule has 1 aromatic carbocycles. The van der Waals surface area contributed by atoms with Gasteiger partial charge in [0.2, 0.25) is 23.6 Å². The van der Waals surface area contributed by atoms with Gasteiger partial charge < -0.3 is 29.7 Å². The minimum Gasteiger partial charge on any atom is -0.493 e. The summed E-state index contributed by atoms with van der Waals surface area (Å²) < 4.78 is 6.06. The molecule has 4 aliphatic rings. The van der Waals surface area contributed by atoms with E-state index >= 15 is 0 Å². The van der Waals surface area contributed by atoms with Crippen molar-refractivity contribution in [1.29, 1.82) is 0 Å². The Labute approximate surface area is 350 Å². The fourth-order valence-electron chi connectivity index (χ4n) is 8.38. The summed E-state index contributed by atoms with van der Waals surface area (Å²) in [6, 6.07) is 12.1. The van der Waals surface area contributed by atoms with Crippen LogP contribution in [-0.2, 0) is 25.7 Å². The third-order valence-corrected chi connectivity index (χ3v) is 11.9. The molecule has 4 aliphatic heterocycles. The van der Waals surface area contributed by atoms with Gasteiger partial charge in [-0.25, -0.2) is 4.98 Å². The number of carbonyl (C=O) groups is 6. The van der Waals surface area contributed by atoms with Crippen LogP contribution in [0.15, 0.2) is 67.1 Å². The number of hydrogen-bond acceptors (Lipinski definition) is 10. The zero-order valence-corrected chi connectivity index (χ0v) is 34.1. The number of imide groups is 1. The van der Waals surface area contributed by atoms with Gasteiger partial charge in [0.25, 0.3) is 11.8 Å². The lowest BCUT2D eigenvalue weighted by molar-refractivity contribution is -0.137. The summed E-state index contributed by atoms with van der Waals surface area (Å²) in [5.41, 5.74) is 2.72. The predicted octanol–water partition coefficient (Wildman–Crippen LogP) is 3.99. The van der Waals surface area contributed by atoms with E-state index in [0.717, 1.165) is 62.1 Å². The summed E-state index contributed by atoms with van der Waals surface area (Å²) in [7, 11) is 0. The smallest absolute Gasteiger partial charge is 0.255 e. The van der Waals surface area contributed by atoms with Crippen LogP contribution in [0.1, 0.15) is 96.1 Å². The molecule has 6 amide bonds. The van der Waals surface area contributed by atoms with Crippen molar-refractivity contribution in [1.82, 2.24) is 35.3 Å². The lowest BCUT2D eigenvalue weighted by Crippen LogP contribution is -2.52. The number of amides is 6. The Morgan fingerprint density at radius 1 is 0.867 bits per heavy atom. The first-order valence-corrected chi connectivity index (χ1v) is 21.3. The van der Waals surface area contributed by atoms with Crippen LogP contribution in [0.5, 0.6) is 5.75 Å². The Bertz CT molecular complexity index is 2040. The number of fused-ring (bicyclic) bond motifs is 1. The molecule has 6 heterocycles. The monoisotopic (exact) mass is 818 g/mol. The van der Waals surface area contributed by atoms with Crippen LogP contribution < -0.4 is 20.3 Å². The van der Waals surface area contributed by atoms with Crippen LogP contribution in [0.25, 0.3) is 6.08 Å². The van der Waals surface area contributed by atoms with Crippen LogP contribution in [0.4, 0.5) is 5.82 Å². The molecule has 1 atom stereocenters. The van der Waals surface area contributed by atoms with E-state index in [4.69, 9.17) is 4.74 Å². The summed E-state index contributed by atoms with van der Waals surface area (Å²) in [6.45, 7) is 5.26. The van der Waals surface area contributed by atoms with E-state index in [2.05, 4.69) is 25.5 Å². The highest BCUT2D eigenvalue weighted by Crippen LogP contribution is 2.34. The fourth-order valence-corrected chi connectivity index (χ4v) is 8.38. The number of unbranched alkanes of at least 4 members (excludes halogenated alkanes) is 2. The van der Waals surface area contributed by atoms with Crippen molar-refractivity contribution in [2.75, 3.05) is 57.3 Å². The van der Waals surface area contributed by atoms with E-state index in [1.165, 1.54) is 11.0 Å². The molecule has 0 saturated carbocycles. The highest BCUT2D eigenvalue weighted by atomic mass is 16.5. The topological polar surface area (TPSA) is 174 Å². The molecule has 316 valence electrons. The number of rotatable bonds is 16. The Balaban J connectivity index is 0.751. The number of piperidine rings is 2. The number of nitrogens with one attached hydrogen (secondary N) is 2. The van der Waals surface area contributed by atoms with E-state index in [1.807, 2.05) is 40.1 Å². The zero-order chi connectivity index (χ0) is 41.8. The summed E-state index contributed by atoms with van der Waals surface area (Å²) in [5.74, 6) is 0.975. The maximum absolute atomic E-state index is 13.3. The summed E-state index contributed by atoms with van der Waals surface area (Å²) in [6.07, 6.45) is 15.6. The molecule has 3 fully saturated rings. The second kappa shape index (κ2) is 20.2. The standard InChI is InChI=1S/C45H54N8O7/c54-40(16-12-33-8-6-20-46-29-33)47-21-3-1-7-32-18-22-52(23-19-32)44(58)34-13-15-39(48-30-34)50-24-26-51(27-25-50)42(56)11-2-4-28-60-38-10-5-9-35-36(38)31-53(45(35)59)37-14-17-41(55)49-43(37)57/h5-6,8-10,12-13,15-16,20,29-30,32,37H,1-4,7,11,14,17-19,21-28,31H2,(H,47,54)(H,49,55,57)/b16-12+. The minimum atomic E-state index is -0.680. The van der Waals surface area contributed by atoms with E-state index < -0.39 is 11.9 Å². The summed E-state index contributed by atoms with van der Waals surface area (Å²) in [5, 5.41) is 5.27. The number of carbonyl (C=O) groups excluding carboxylic acids is 6. The van der Waals surface area contributed by atoms with Gasteiger partial charge in [0.15, 0.2) is 0 Å². The highest BCUT2D eigenvalue weighted by molar-refractivity contribution is 6.05. The molecule has 15 heteroatoms. The van der Waals surface area contributed by atoms with E-state index in [9.17, 15) is 28.8 Å². The first-order chi connectivity index (χ1) is 29.2. The van der Waals surface area contributed by atoms with Gasteiger partial charge in [-0.05, 0) is 86.4 Å². The highest BCUT2D eigenvalue weighted by Gasteiger charge is 2.40. The number of piperazine rings is 1. The lowest BCUT2D eigenvalue weighted by atomic mass is 9.91. The molecule has 2 N–H and O–H groups in total. The van der Waals surface area contributed by atoms with E-state index in [0.29, 0.717) is 87.8 Å².